The summed E-state index contributed by atoms with van der Waals surface area (Å²) in [7, 11) is 4.04. The van der Waals surface area contributed by atoms with Crippen LogP contribution in [0.25, 0.3) is 0 Å². The summed E-state index contributed by atoms with van der Waals surface area (Å²) in [5.74, 6) is 0. The van der Waals surface area contributed by atoms with Crippen LogP contribution in [0.5, 0.6) is 0 Å². The Kier molecular flexibility index (Phi) is 9.53. The summed E-state index contributed by atoms with van der Waals surface area (Å²) in [5, 5.41) is 7.34. The van der Waals surface area contributed by atoms with Gasteiger partial charge in [-0.3, -0.25) is 0 Å². The number of carbonyl (C=O) groups excluding carboxylic acids is 2. The van der Waals surface area contributed by atoms with Gasteiger partial charge in [-0.05, 0) is 92.9 Å². The summed E-state index contributed by atoms with van der Waals surface area (Å²) in [6, 6.07) is 0.465. The van der Waals surface area contributed by atoms with Crippen molar-refractivity contribution in [3.63, 3.8) is 0 Å². The molecule has 2 amide bonds. The lowest BCUT2D eigenvalue weighted by Crippen LogP contribution is -2.41. The van der Waals surface area contributed by atoms with Crippen molar-refractivity contribution in [1.29, 1.82) is 0 Å². The first-order chi connectivity index (χ1) is 13.9. The second kappa shape index (κ2) is 11.2. The monoisotopic (exact) mass is 460 g/mol. The molecule has 0 spiro atoms. The second-order valence-electron chi connectivity index (χ2n) is 10.4. The Morgan fingerprint density at radius 1 is 0.633 bits per heavy atom. The molecule has 2 rings (SSSR count). The van der Waals surface area contributed by atoms with Gasteiger partial charge in [0.1, 0.15) is 11.2 Å². The van der Waals surface area contributed by atoms with Crippen LogP contribution in [-0.4, -0.2) is 46.0 Å². The van der Waals surface area contributed by atoms with Crippen molar-refractivity contribution >= 4 is 33.8 Å². The van der Waals surface area contributed by atoms with E-state index >= 15 is 0 Å². The van der Waals surface area contributed by atoms with Crippen LogP contribution in [0.4, 0.5) is 9.59 Å². The molecular weight excluding hydrogens is 420 g/mol. The standard InChI is InChI=1S/C22H40N2O4S2/c1-21(2,3)27-19(25)23-15-7-11-17(12-8-15)29-30-18-13-9-16(10-14-18)24-20(26)28-22(4,5)6/h15-18H,7-14H2,1-6H3,(H,23,25)(H,24,26). The predicted molar refractivity (Wildman–Crippen MR) is 126 cm³/mol. The summed E-state index contributed by atoms with van der Waals surface area (Å²) < 4.78 is 10.7. The van der Waals surface area contributed by atoms with Gasteiger partial charge in [-0.1, -0.05) is 21.6 Å². The molecule has 0 atom stereocenters. The minimum atomic E-state index is -0.449. The van der Waals surface area contributed by atoms with Gasteiger partial charge in [0, 0.05) is 22.6 Å². The van der Waals surface area contributed by atoms with E-state index in [0.717, 1.165) is 51.4 Å². The number of alkyl carbamates (subject to hydrolysis) is 2. The summed E-state index contributed by atoms with van der Waals surface area (Å²) in [6.45, 7) is 11.3. The fourth-order valence-electron chi connectivity index (χ4n) is 3.71. The van der Waals surface area contributed by atoms with Gasteiger partial charge in [-0.25, -0.2) is 9.59 Å². The third-order valence-electron chi connectivity index (χ3n) is 5.12. The topological polar surface area (TPSA) is 76.7 Å². The highest BCUT2D eigenvalue weighted by Gasteiger charge is 2.28. The maximum absolute atomic E-state index is 11.9. The number of carbonyl (C=O) groups is 2. The van der Waals surface area contributed by atoms with E-state index in [1.54, 1.807) is 0 Å². The quantitative estimate of drug-likeness (QED) is 0.487. The molecular formula is C22H40N2O4S2. The molecule has 0 saturated heterocycles. The molecule has 174 valence electrons. The van der Waals surface area contributed by atoms with Crippen molar-refractivity contribution in [1.82, 2.24) is 10.6 Å². The average Bonchev–Trinajstić information content (AvgIpc) is 2.59. The predicted octanol–water partition coefficient (Wildman–Crippen LogP) is 6.04. The van der Waals surface area contributed by atoms with Gasteiger partial charge in [0.2, 0.25) is 0 Å². The fraction of sp³-hybridized carbons (Fsp3) is 0.909. The lowest BCUT2D eigenvalue weighted by atomic mass is 9.95. The van der Waals surface area contributed by atoms with E-state index in [1.165, 1.54) is 0 Å². The maximum Gasteiger partial charge on any atom is 0.407 e. The zero-order chi connectivity index (χ0) is 22.4. The van der Waals surface area contributed by atoms with E-state index < -0.39 is 11.2 Å². The van der Waals surface area contributed by atoms with Crippen LogP contribution < -0.4 is 10.6 Å². The Morgan fingerprint density at radius 2 is 0.933 bits per heavy atom. The average molecular weight is 461 g/mol. The van der Waals surface area contributed by atoms with Crippen molar-refractivity contribution in [3.8, 4) is 0 Å². The molecule has 8 heteroatoms. The number of ether oxygens (including phenoxy) is 2. The van der Waals surface area contributed by atoms with Crippen LogP contribution in [0.2, 0.25) is 0 Å². The molecule has 0 heterocycles. The smallest absolute Gasteiger partial charge is 0.407 e. The third-order valence-corrected chi connectivity index (χ3v) is 8.68. The molecule has 0 radical (unpaired) electrons. The number of nitrogens with one attached hydrogen (secondary N) is 2. The number of amides is 2. The van der Waals surface area contributed by atoms with Crippen LogP contribution in [0, 0.1) is 0 Å². The van der Waals surface area contributed by atoms with E-state index in [-0.39, 0.29) is 24.3 Å². The maximum atomic E-state index is 11.9. The SMILES string of the molecule is CC(C)(C)OC(=O)NC1CCC(SSC2CCC(NC(=O)OC(C)(C)C)CC2)CC1. The minimum Gasteiger partial charge on any atom is -0.444 e. The molecule has 0 aromatic carbocycles. The van der Waals surface area contributed by atoms with E-state index in [2.05, 4.69) is 10.6 Å². The molecule has 6 nitrogen and oxygen atoms in total. The van der Waals surface area contributed by atoms with Crippen LogP contribution in [0.1, 0.15) is 92.9 Å². The molecule has 0 aliphatic heterocycles. The third kappa shape index (κ3) is 10.5. The molecule has 2 saturated carbocycles. The first-order valence-corrected chi connectivity index (χ1v) is 13.5. The highest BCUT2D eigenvalue weighted by atomic mass is 33.1. The molecule has 2 aliphatic rings. The molecule has 0 unspecified atom stereocenters. The van der Waals surface area contributed by atoms with Crippen LogP contribution in [0.3, 0.4) is 0 Å². The van der Waals surface area contributed by atoms with Crippen LogP contribution in [-0.2, 0) is 9.47 Å². The molecule has 0 bridgehead atoms. The Morgan fingerprint density at radius 3 is 1.20 bits per heavy atom. The van der Waals surface area contributed by atoms with E-state index in [0.29, 0.717) is 10.5 Å². The Bertz CT molecular complexity index is 508. The lowest BCUT2D eigenvalue weighted by Gasteiger charge is -2.32. The Labute approximate surface area is 190 Å². The minimum absolute atomic E-state index is 0.232. The molecule has 2 aliphatic carbocycles. The van der Waals surface area contributed by atoms with Crippen molar-refractivity contribution in [2.45, 2.75) is 127 Å². The van der Waals surface area contributed by atoms with Gasteiger partial charge in [0.15, 0.2) is 0 Å². The van der Waals surface area contributed by atoms with Gasteiger partial charge in [-0.15, -0.1) is 0 Å². The largest absolute Gasteiger partial charge is 0.444 e. The first kappa shape index (κ1) is 25.5. The number of hydrogen-bond acceptors (Lipinski definition) is 6. The summed E-state index contributed by atoms with van der Waals surface area (Å²) in [6.07, 6.45) is 8.00. The fourth-order valence-corrected chi connectivity index (χ4v) is 7.05. The van der Waals surface area contributed by atoms with Crippen molar-refractivity contribution in [3.05, 3.63) is 0 Å². The van der Waals surface area contributed by atoms with Crippen LogP contribution in [0.15, 0.2) is 0 Å². The Balaban J connectivity index is 1.58. The van der Waals surface area contributed by atoms with E-state index in [1.807, 2.05) is 63.1 Å². The van der Waals surface area contributed by atoms with Crippen molar-refractivity contribution in [2.24, 2.45) is 0 Å². The van der Waals surface area contributed by atoms with Gasteiger partial charge in [-0.2, -0.15) is 0 Å². The van der Waals surface area contributed by atoms with Gasteiger partial charge < -0.3 is 20.1 Å². The number of rotatable bonds is 5. The highest BCUT2D eigenvalue weighted by Crippen LogP contribution is 2.42. The van der Waals surface area contributed by atoms with Gasteiger partial charge in [0.25, 0.3) is 0 Å². The van der Waals surface area contributed by atoms with Crippen LogP contribution >= 0.6 is 21.6 Å². The van der Waals surface area contributed by atoms with Gasteiger partial charge >= 0.3 is 12.2 Å². The molecule has 2 N–H and O–H groups in total. The lowest BCUT2D eigenvalue weighted by molar-refractivity contribution is 0.0481. The molecule has 30 heavy (non-hydrogen) atoms. The molecule has 2 fully saturated rings. The zero-order valence-corrected chi connectivity index (χ0v) is 21.0. The van der Waals surface area contributed by atoms with E-state index in [4.69, 9.17) is 9.47 Å². The number of hydrogen-bond donors (Lipinski definition) is 2. The summed E-state index contributed by atoms with van der Waals surface area (Å²) in [4.78, 5) is 23.9. The summed E-state index contributed by atoms with van der Waals surface area (Å²) >= 11 is 0. The summed E-state index contributed by atoms with van der Waals surface area (Å²) in [5.41, 5.74) is -0.898. The van der Waals surface area contributed by atoms with E-state index in [9.17, 15) is 9.59 Å². The Hall–Kier alpha value is -0.760. The normalized spacial score (nSPS) is 27.8. The molecule has 0 aromatic rings. The second-order valence-corrected chi connectivity index (χ2v) is 13.3. The van der Waals surface area contributed by atoms with Crippen molar-refractivity contribution < 1.29 is 19.1 Å². The first-order valence-electron chi connectivity index (χ1n) is 11.2. The van der Waals surface area contributed by atoms with Crippen molar-refractivity contribution in [2.75, 3.05) is 0 Å². The van der Waals surface area contributed by atoms with Gasteiger partial charge in [0.05, 0.1) is 0 Å². The zero-order valence-electron chi connectivity index (χ0n) is 19.4. The molecule has 0 aromatic heterocycles. The highest BCUT2D eigenvalue weighted by molar-refractivity contribution is 8.77.